The fraction of sp³-hybridized carbons (Fsp3) is 0.118. The van der Waals surface area contributed by atoms with E-state index in [0.717, 1.165) is 10.4 Å². The molecular formula is C17H14ClN5OS. The quantitative estimate of drug-likeness (QED) is 0.738. The van der Waals surface area contributed by atoms with Crippen LogP contribution in [-0.4, -0.2) is 20.7 Å². The SMILES string of the molecule is CC1=C(C(N)=O)[C@H](c2ccc(Cl)cc2)n2nc(-c3cccs3)nc2N1. The van der Waals surface area contributed by atoms with Crippen molar-refractivity contribution in [1.82, 2.24) is 14.8 Å². The topological polar surface area (TPSA) is 85.8 Å². The van der Waals surface area contributed by atoms with Gasteiger partial charge in [0.25, 0.3) is 0 Å². The number of anilines is 1. The zero-order valence-electron chi connectivity index (χ0n) is 13.2. The van der Waals surface area contributed by atoms with Crippen LogP contribution in [0.4, 0.5) is 5.95 Å². The van der Waals surface area contributed by atoms with Crippen LogP contribution in [0.5, 0.6) is 0 Å². The monoisotopic (exact) mass is 371 g/mol. The summed E-state index contributed by atoms with van der Waals surface area (Å²) < 4.78 is 1.70. The number of halogens is 1. The highest BCUT2D eigenvalue weighted by Crippen LogP contribution is 2.36. The molecule has 0 saturated heterocycles. The molecule has 1 aliphatic heterocycles. The standard InChI is InChI=1S/C17H14ClN5OS/c1-9-13(15(19)24)14(10-4-6-11(18)7-5-10)23-17(20-9)21-16(22-23)12-3-2-8-25-12/h2-8,14H,1H3,(H2,19,24)(H,20,21,22)/t14-/m0/s1. The van der Waals surface area contributed by atoms with Crippen LogP contribution in [0.1, 0.15) is 18.5 Å². The highest BCUT2D eigenvalue weighted by molar-refractivity contribution is 7.13. The van der Waals surface area contributed by atoms with Gasteiger partial charge in [0.1, 0.15) is 6.04 Å². The molecule has 0 unspecified atom stereocenters. The van der Waals surface area contributed by atoms with Gasteiger partial charge in [-0.15, -0.1) is 16.4 Å². The molecule has 126 valence electrons. The van der Waals surface area contributed by atoms with Crippen LogP contribution in [0.25, 0.3) is 10.7 Å². The van der Waals surface area contributed by atoms with Crippen molar-refractivity contribution in [2.75, 3.05) is 5.32 Å². The van der Waals surface area contributed by atoms with Gasteiger partial charge in [-0.25, -0.2) is 4.68 Å². The molecule has 8 heteroatoms. The van der Waals surface area contributed by atoms with Gasteiger partial charge in [0.15, 0.2) is 5.82 Å². The Balaban J connectivity index is 1.89. The van der Waals surface area contributed by atoms with Gasteiger partial charge in [0, 0.05) is 10.7 Å². The molecule has 3 heterocycles. The van der Waals surface area contributed by atoms with E-state index in [1.165, 1.54) is 0 Å². The molecule has 1 aromatic carbocycles. The number of amides is 1. The number of benzene rings is 1. The van der Waals surface area contributed by atoms with Gasteiger partial charge < -0.3 is 11.1 Å². The summed E-state index contributed by atoms with van der Waals surface area (Å²) in [5.74, 6) is 0.685. The Hall–Kier alpha value is -2.64. The predicted molar refractivity (Wildman–Crippen MR) is 98.4 cm³/mol. The van der Waals surface area contributed by atoms with Crippen molar-refractivity contribution >= 4 is 34.8 Å². The first-order valence-electron chi connectivity index (χ1n) is 7.58. The summed E-state index contributed by atoms with van der Waals surface area (Å²) in [7, 11) is 0. The average molecular weight is 372 g/mol. The van der Waals surface area contributed by atoms with E-state index in [4.69, 9.17) is 17.3 Å². The number of hydrogen-bond donors (Lipinski definition) is 2. The van der Waals surface area contributed by atoms with Crippen LogP contribution in [0.3, 0.4) is 0 Å². The Labute approximate surface area is 152 Å². The van der Waals surface area contributed by atoms with Gasteiger partial charge in [-0.05, 0) is 36.1 Å². The van der Waals surface area contributed by atoms with Crippen molar-refractivity contribution in [2.24, 2.45) is 5.73 Å². The molecule has 6 nitrogen and oxygen atoms in total. The molecule has 1 aliphatic rings. The molecule has 0 saturated carbocycles. The lowest BCUT2D eigenvalue weighted by atomic mass is 9.95. The number of nitrogens with one attached hydrogen (secondary N) is 1. The van der Waals surface area contributed by atoms with E-state index >= 15 is 0 Å². The minimum atomic E-state index is -0.497. The highest BCUT2D eigenvalue weighted by atomic mass is 35.5. The third kappa shape index (κ3) is 2.71. The lowest BCUT2D eigenvalue weighted by molar-refractivity contribution is -0.115. The van der Waals surface area contributed by atoms with Crippen molar-refractivity contribution in [2.45, 2.75) is 13.0 Å². The smallest absolute Gasteiger partial charge is 0.248 e. The number of allylic oxidation sites excluding steroid dienone is 1. The third-order valence-electron chi connectivity index (χ3n) is 4.05. The number of rotatable bonds is 3. The van der Waals surface area contributed by atoms with Crippen LogP contribution >= 0.6 is 22.9 Å². The molecule has 3 aromatic rings. The second-order valence-electron chi connectivity index (χ2n) is 5.66. The van der Waals surface area contributed by atoms with E-state index in [9.17, 15) is 4.79 Å². The van der Waals surface area contributed by atoms with Crippen LogP contribution in [0.2, 0.25) is 5.02 Å². The summed E-state index contributed by atoms with van der Waals surface area (Å²) >= 11 is 7.56. The minimum Gasteiger partial charge on any atom is -0.366 e. The number of carbonyl (C=O) groups excluding carboxylic acids is 1. The molecule has 0 bridgehead atoms. The number of primary amides is 1. The molecular weight excluding hydrogens is 358 g/mol. The summed E-state index contributed by atoms with van der Waals surface area (Å²) in [6, 6.07) is 10.7. The maximum atomic E-state index is 12.1. The molecule has 25 heavy (non-hydrogen) atoms. The minimum absolute atomic E-state index is 0.452. The molecule has 1 atom stereocenters. The number of fused-ring (bicyclic) bond motifs is 1. The number of hydrogen-bond acceptors (Lipinski definition) is 5. The third-order valence-corrected chi connectivity index (χ3v) is 5.16. The maximum Gasteiger partial charge on any atom is 0.248 e. The fourth-order valence-corrected chi connectivity index (χ4v) is 3.71. The molecule has 0 radical (unpaired) electrons. The van der Waals surface area contributed by atoms with E-state index in [2.05, 4.69) is 15.4 Å². The Morgan fingerprint density at radius 1 is 1.32 bits per heavy atom. The van der Waals surface area contributed by atoms with Crippen LogP contribution in [-0.2, 0) is 4.79 Å². The van der Waals surface area contributed by atoms with Crippen molar-refractivity contribution < 1.29 is 4.79 Å². The van der Waals surface area contributed by atoms with Gasteiger partial charge in [-0.1, -0.05) is 29.8 Å². The van der Waals surface area contributed by atoms with Gasteiger partial charge >= 0.3 is 0 Å². The highest BCUT2D eigenvalue weighted by Gasteiger charge is 2.33. The lowest BCUT2D eigenvalue weighted by Gasteiger charge is -2.27. The second kappa shape index (κ2) is 6.02. The van der Waals surface area contributed by atoms with Gasteiger partial charge in [-0.2, -0.15) is 4.98 Å². The first-order valence-corrected chi connectivity index (χ1v) is 8.84. The van der Waals surface area contributed by atoms with E-state index < -0.39 is 11.9 Å². The van der Waals surface area contributed by atoms with Crippen LogP contribution in [0.15, 0.2) is 53.0 Å². The Morgan fingerprint density at radius 3 is 2.72 bits per heavy atom. The number of nitrogens with zero attached hydrogens (tertiary/aromatic N) is 3. The first kappa shape index (κ1) is 15.9. The second-order valence-corrected chi connectivity index (χ2v) is 7.05. The van der Waals surface area contributed by atoms with Gasteiger partial charge in [0.05, 0.1) is 10.5 Å². The van der Waals surface area contributed by atoms with Crippen molar-refractivity contribution in [3.8, 4) is 10.7 Å². The zero-order chi connectivity index (χ0) is 17.6. The van der Waals surface area contributed by atoms with Crippen LogP contribution < -0.4 is 11.1 Å². The molecule has 0 spiro atoms. The number of nitrogens with two attached hydrogens (primary N) is 1. The molecule has 2 aromatic heterocycles. The Morgan fingerprint density at radius 2 is 2.08 bits per heavy atom. The normalized spacial score (nSPS) is 16.5. The van der Waals surface area contributed by atoms with Crippen LogP contribution in [0, 0.1) is 0 Å². The molecule has 1 amide bonds. The largest absolute Gasteiger partial charge is 0.366 e. The average Bonchev–Trinajstić information content (AvgIpc) is 3.23. The number of carbonyl (C=O) groups is 1. The Bertz CT molecular complexity index is 975. The van der Waals surface area contributed by atoms with Crippen molar-refractivity contribution in [3.05, 3.63) is 63.6 Å². The predicted octanol–water partition coefficient (Wildman–Crippen LogP) is 3.43. The van der Waals surface area contributed by atoms with E-state index in [1.54, 1.807) is 28.2 Å². The van der Waals surface area contributed by atoms with Crippen molar-refractivity contribution in [3.63, 3.8) is 0 Å². The Kier molecular flexibility index (Phi) is 3.82. The van der Waals surface area contributed by atoms with Gasteiger partial charge in [-0.3, -0.25) is 4.79 Å². The molecule has 0 aliphatic carbocycles. The zero-order valence-corrected chi connectivity index (χ0v) is 14.8. The van der Waals surface area contributed by atoms with E-state index in [-0.39, 0.29) is 0 Å². The lowest BCUT2D eigenvalue weighted by Crippen LogP contribution is -2.31. The van der Waals surface area contributed by atoms with Crippen molar-refractivity contribution in [1.29, 1.82) is 0 Å². The molecule has 4 rings (SSSR count). The molecule has 3 N–H and O–H groups in total. The summed E-state index contributed by atoms with van der Waals surface area (Å²) in [6.07, 6.45) is 0. The van der Waals surface area contributed by atoms with E-state index in [1.807, 2.05) is 36.6 Å². The first-order chi connectivity index (χ1) is 12.0. The number of aromatic nitrogens is 3. The molecule has 0 fully saturated rings. The van der Waals surface area contributed by atoms with E-state index in [0.29, 0.717) is 28.1 Å². The summed E-state index contributed by atoms with van der Waals surface area (Å²) in [4.78, 5) is 17.6. The fourth-order valence-electron chi connectivity index (χ4n) is 2.93. The summed E-state index contributed by atoms with van der Waals surface area (Å²) in [5.41, 5.74) is 7.64. The summed E-state index contributed by atoms with van der Waals surface area (Å²) in [5, 5.41) is 10.3. The maximum absolute atomic E-state index is 12.1. The summed E-state index contributed by atoms with van der Waals surface area (Å²) in [6.45, 7) is 1.81. The van der Waals surface area contributed by atoms with Gasteiger partial charge in [0.2, 0.25) is 11.9 Å². The number of thiophene rings is 1.